The zero-order valence-corrected chi connectivity index (χ0v) is 9.43. The van der Waals surface area contributed by atoms with E-state index in [0.29, 0.717) is 18.4 Å². The summed E-state index contributed by atoms with van der Waals surface area (Å²) >= 11 is 0. The summed E-state index contributed by atoms with van der Waals surface area (Å²) in [6, 6.07) is 4.49. The molecule has 1 amide bonds. The van der Waals surface area contributed by atoms with Crippen LogP contribution in [0.2, 0.25) is 0 Å². The molecule has 3 atom stereocenters. The van der Waals surface area contributed by atoms with E-state index in [2.05, 4.69) is 10.3 Å². The minimum atomic E-state index is -0.519. The largest absolute Gasteiger partial charge is 0.490 e. The number of hydrogen-bond donors (Lipinski definition) is 2. The number of aromatic nitrogens is 1. The van der Waals surface area contributed by atoms with Gasteiger partial charge in [-0.2, -0.15) is 0 Å². The Kier molecular flexibility index (Phi) is 2.48. The van der Waals surface area contributed by atoms with Gasteiger partial charge in [-0.05, 0) is 30.9 Å². The lowest BCUT2D eigenvalue weighted by Crippen LogP contribution is -2.31. The number of piperidine rings is 1. The Morgan fingerprint density at radius 2 is 2.41 bits per heavy atom. The highest BCUT2D eigenvalue weighted by Gasteiger charge is 2.45. The van der Waals surface area contributed by atoms with Gasteiger partial charge in [0.05, 0.1) is 6.20 Å². The van der Waals surface area contributed by atoms with E-state index in [-0.39, 0.29) is 5.69 Å². The fraction of sp³-hybridized carbons (Fsp3) is 0.500. The van der Waals surface area contributed by atoms with Crippen LogP contribution >= 0.6 is 0 Å². The van der Waals surface area contributed by atoms with Gasteiger partial charge in [0.25, 0.3) is 5.91 Å². The van der Waals surface area contributed by atoms with Crippen molar-refractivity contribution in [3.05, 3.63) is 24.0 Å². The van der Waals surface area contributed by atoms with E-state index >= 15 is 0 Å². The highest BCUT2D eigenvalue weighted by atomic mass is 16.5. The Morgan fingerprint density at radius 1 is 1.53 bits per heavy atom. The number of pyridine rings is 1. The lowest BCUT2D eigenvalue weighted by molar-refractivity contribution is 0.0995. The van der Waals surface area contributed by atoms with E-state index in [1.54, 1.807) is 12.1 Å². The Morgan fingerprint density at radius 3 is 3.00 bits per heavy atom. The second kappa shape index (κ2) is 4.00. The molecule has 3 N–H and O–H groups in total. The Bertz CT molecular complexity index is 422. The molecule has 1 saturated heterocycles. The molecule has 1 aromatic heterocycles. The van der Waals surface area contributed by atoms with Crippen molar-refractivity contribution in [2.24, 2.45) is 11.7 Å². The molecule has 1 saturated carbocycles. The molecule has 2 aliphatic rings. The molecule has 3 unspecified atom stereocenters. The van der Waals surface area contributed by atoms with Gasteiger partial charge in [0, 0.05) is 12.1 Å². The lowest BCUT2D eigenvalue weighted by atomic mass is 10.2. The number of nitrogens with two attached hydrogens (primary N) is 1. The van der Waals surface area contributed by atoms with Crippen molar-refractivity contribution < 1.29 is 9.53 Å². The predicted molar refractivity (Wildman–Crippen MR) is 61.7 cm³/mol. The van der Waals surface area contributed by atoms with Gasteiger partial charge in [-0.3, -0.25) is 4.79 Å². The molecule has 5 nitrogen and oxygen atoms in total. The van der Waals surface area contributed by atoms with Crippen LogP contribution in [-0.4, -0.2) is 29.6 Å². The Balaban J connectivity index is 1.52. The van der Waals surface area contributed by atoms with Gasteiger partial charge < -0.3 is 15.8 Å². The van der Waals surface area contributed by atoms with Crippen LogP contribution in [0, 0.1) is 5.92 Å². The monoisotopic (exact) mass is 233 g/mol. The van der Waals surface area contributed by atoms with Crippen LogP contribution in [0.5, 0.6) is 5.75 Å². The van der Waals surface area contributed by atoms with Crippen LogP contribution in [0.25, 0.3) is 0 Å². The zero-order chi connectivity index (χ0) is 11.8. The minimum absolute atomic E-state index is 0.262. The number of nitrogens with zero attached hydrogens (tertiary/aromatic N) is 1. The van der Waals surface area contributed by atoms with Crippen molar-refractivity contribution in [2.75, 3.05) is 6.61 Å². The van der Waals surface area contributed by atoms with E-state index < -0.39 is 5.91 Å². The summed E-state index contributed by atoms with van der Waals surface area (Å²) in [5, 5.41) is 3.51. The smallest absolute Gasteiger partial charge is 0.267 e. The zero-order valence-electron chi connectivity index (χ0n) is 9.43. The molecule has 3 rings (SSSR count). The van der Waals surface area contributed by atoms with E-state index in [1.807, 2.05) is 0 Å². The van der Waals surface area contributed by atoms with Gasteiger partial charge in [-0.1, -0.05) is 0 Å². The van der Waals surface area contributed by atoms with Crippen LogP contribution in [-0.2, 0) is 0 Å². The summed E-state index contributed by atoms with van der Waals surface area (Å²) in [4.78, 5) is 14.8. The van der Waals surface area contributed by atoms with Crippen LogP contribution < -0.4 is 15.8 Å². The predicted octanol–water partition coefficient (Wildman–Crippen LogP) is 0.310. The van der Waals surface area contributed by atoms with Crippen LogP contribution in [0.15, 0.2) is 18.3 Å². The molecule has 0 spiro atoms. The number of fused-ring (bicyclic) bond motifs is 1. The van der Waals surface area contributed by atoms with Crippen molar-refractivity contribution in [3.8, 4) is 5.75 Å². The summed E-state index contributed by atoms with van der Waals surface area (Å²) in [6.07, 6.45) is 4.07. The molecule has 0 radical (unpaired) electrons. The molecule has 1 aromatic rings. The summed E-state index contributed by atoms with van der Waals surface area (Å²) < 4.78 is 5.62. The third kappa shape index (κ3) is 2.24. The molecule has 0 aromatic carbocycles. The van der Waals surface area contributed by atoms with Gasteiger partial charge in [0.15, 0.2) is 0 Å². The first kappa shape index (κ1) is 10.5. The molecule has 1 aliphatic heterocycles. The summed E-state index contributed by atoms with van der Waals surface area (Å²) in [7, 11) is 0. The molecule has 1 aliphatic carbocycles. The molecule has 90 valence electrons. The van der Waals surface area contributed by atoms with Crippen molar-refractivity contribution in [2.45, 2.75) is 24.9 Å². The summed E-state index contributed by atoms with van der Waals surface area (Å²) in [6.45, 7) is 0.657. The number of nitrogens with one attached hydrogen (secondary N) is 1. The van der Waals surface area contributed by atoms with E-state index in [4.69, 9.17) is 10.5 Å². The van der Waals surface area contributed by atoms with Crippen molar-refractivity contribution in [1.82, 2.24) is 10.3 Å². The highest BCUT2D eigenvalue weighted by molar-refractivity contribution is 5.90. The molecule has 2 fully saturated rings. The molecular formula is C12H15N3O2. The maximum Gasteiger partial charge on any atom is 0.267 e. The maximum atomic E-state index is 10.8. The van der Waals surface area contributed by atoms with Gasteiger partial charge in [0.1, 0.15) is 18.1 Å². The minimum Gasteiger partial charge on any atom is -0.490 e. The highest BCUT2D eigenvalue weighted by Crippen LogP contribution is 2.40. The summed E-state index contributed by atoms with van der Waals surface area (Å²) in [5.41, 5.74) is 5.37. The normalized spacial score (nSPS) is 29.8. The molecule has 17 heavy (non-hydrogen) atoms. The van der Waals surface area contributed by atoms with E-state index in [9.17, 15) is 4.79 Å². The third-order valence-electron chi connectivity index (χ3n) is 3.40. The number of rotatable bonds is 4. The van der Waals surface area contributed by atoms with Gasteiger partial charge in [-0.15, -0.1) is 0 Å². The molecular weight excluding hydrogens is 218 g/mol. The number of hydrogen-bond acceptors (Lipinski definition) is 4. The first-order chi connectivity index (χ1) is 8.22. The number of primary amides is 1. The lowest BCUT2D eigenvalue weighted by Gasteiger charge is -2.14. The van der Waals surface area contributed by atoms with E-state index in [0.717, 1.165) is 12.0 Å². The first-order valence-corrected chi connectivity index (χ1v) is 5.87. The second-order valence-corrected chi connectivity index (χ2v) is 4.76. The number of ether oxygens (including phenoxy) is 1. The Labute approximate surface area is 99.4 Å². The topological polar surface area (TPSA) is 77.2 Å². The quantitative estimate of drug-likeness (QED) is 0.784. The van der Waals surface area contributed by atoms with Crippen LogP contribution in [0.4, 0.5) is 0 Å². The Hall–Kier alpha value is -1.62. The molecule has 0 bridgehead atoms. The standard InChI is InChI=1S/C12H15N3O2/c13-12(16)10-2-1-9(5-14-10)17-6-8-3-7-4-11(7)15-8/h1-2,5,7-8,11,15H,3-4,6H2,(H2,13,16). The number of carbonyl (C=O) groups is 1. The maximum absolute atomic E-state index is 10.8. The summed E-state index contributed by atoms with van der Waals surface area (Å²) in [5.74, 6) is 1.03. The van der Waals surface area contributed by atoms with Crippen molar-refractivity contribution in [1.29, 1.82) is 0 Å². The van der Waals surface area contributed by atoms with Gasteiger partial charge >= 0.3 is 0 Å². The number of carbonyl (C=O) groups excluding carboxylic acids is 1. The SMILES string of the molecule is NC(=O)c1ccc(OCC2CC3CC3N2)cn1. The fourth-order valence-electron chi connectivity index (χ4n) is 2.37. The molecule has 5 heteroatoms. The fourth-order valence-corrected chi connectivity index (χ4v) is 2.37. The average Bonchev–Trinajstić information content (AvgIpc) is 2.95. The van der Waals surface area contributed by atoms with Gasteiger partial charge in [0.2, 0.25) is 0 Å². The van der Waals surface area contributed by atoms with E-state index in [1.165, 1.54) is 19.0 Å². The first-order valence-electron chi connectivity index (χ1n) is 5.87. The van der Waals surface area contributed by atoms with Gasteiger partial charge in [-0.25, -0.2) is 4.98 Å². The van der Waals surface area contributed by atoms with Crippen LogP contribution in [0.1, 0.15) is 23.3 Å². The van der Waals surface area contributed by atoms with Crippen LogP contribution in [0.3, 0.4) is 0 Å². The number of amides is 1. The average molecular weight is 233 g/mol. The third-order valence-corrected chi connectivity index (χ3v) is 3.40. The molecule has 2 heterocycles. The van der Waals surface area contributed by atoms with Crippen molar-refractivity contribution >= 4 is 5.91 Å². The second-order valence-electron chi connectivity index (χ2n) is 4.76. The van der Waals surface area contributed by atoms with Crippen molar-refractivity contribution in [3.63, 3.8) is 0 Å².